The van der Waals surface area contributed by atoms with Crippen LogP contribution in [0.4, 0.5) is 0 Å². The third-order valence-electron chi connectivity index (χ3n) is 5.55. The second-order valence-electron chi connectivity index (χ2n) is 6.76. The van der Waals surface area contributed by atoms with Crippen LogP contribution in [0.5, 0.6) is 0 Å². The molecule has 0 aromatic heterocycles. The molecule has 5 rings (SSSR count). The second kappa shape index (κ2) is 3.83. The minimum atomic E-state index is 0.149. The van der Waals surface area contributed by atoms with Crippen molar-refractivity contribution in [1.29, 1.82) is 0 Å². The lowest BCUT2D eigenvalue weighted by molar-refractivity contribution is -0.313. The number of hydrogen-bond donors (Lipinski definition) is 0. The van der Waals surface area contributed by atoms with Gasteiger partial charge < -0.3 is 0 Å². The number of rotatable bonds is 1. The van der Waals surface area contributed by atoms with Gasteiger partial charge in [0, 0.05) is 0 Å². The standard InChI is InChI=1S/C15H22O2/c1-9-2-14(8-16-17-9)15-12-4-10-3-11(6-12)7-13(15)5-10/h2,9-13,15H,3-8H2,1H3/t9-,10?,11?,12?,13?,15?/m0/s1. The minimum Gasteiger partial charge on any atom is -0.232 e. The highest BCUT2D eigenvalue weighted by Gasteiger charge is 2.49. The Bertz CT molecular complexity index is 319. The van der Waals surface area contributed by atoms with Gasteiger partial charge in [-0.25, -0.2) is 9.78 Å². The molecule has 0 spiro atoms. The highest BCUT2D eigenvalue weighted by molar-refractivity contribution is 5.17. The zero-order valence-electron chi connectivity index (χ0n) is 10.6. The Morgan fingerprint density at radius 3 is 2.24 bits per heavy atom. The molecule has 2 heteroatoms. The maximum absolute atomic E-state index is 5.28. The van der Waals surface area contributed by atoms with Crippen LogP contribution in [-0.4, -0.2) is 12.7 Å². The third kappa shape index (κ3) is 1.68. The van der Waals surface area contributed by atoms with Gasteiger partial charge in [0.1, 0.15) is 12.7 Å². The molecule has 4 bridgehead atoms. The first-order chi connectivity index (χ1) is 8.29. The zero-order chi connectivity index (χ0) is 11.4. The van der Waals surface area contributed by atoms with E-state index < -0.39 is 0 Å². The fraction of sp³-hybridized carbons (Fsp3) is 0.867. The van der Waals surface area contributed by atoms with E-state index in [0.717, 1.165) is 36.2 Å². The predicted octanol–water partition coefficient (Wildman–Crippen LogP) is 3.34. The van der Waals surface area contributed by atoms with Gasteiger partial charge in [-0.1, -0.05) is 6.08 Å². The summed E-state index contributed by atoms with van der Waals surface area (Å²) in [6, 6.07) is 0. The molecule has 0 aromatic rings. The minimum absolute atomic E-state index is 0.149. The zero-order valence-corrected chi connectivity index (χ0v) is 10.6. The first kappa shape index (κ1) is 10.6. The van der Waals surface area contributed by atoms with Crippen LogP contribution >= 0.6 is 0 Å². The molecule has 0 unspecified atom stereocenters. The summed E-state index contributed by atoms with van der Waals surface area (Å²) in [4.78, 5) is 10.5. The lowest BCUT2D eigenvalue weighted by Gasteiger charge is -2.55. The van der Waals surface area contributed by atoms with Crippen molar-refractivity contribution in [3.8, 4) is 0 Å². The molecule has 0 radical (unpaired) electrons. The molecule has 0 saturated heterocycles. The molecule has 0 aromatic carbocycles. The predicted molar refractivity (Wildman–Crippen MR) is 65.1 cm³/mol. The molecule has 1 atom stereocenters. The smallest absolute Gasteiger partial charge is 0.109 e. The van der Waals surface area contributed by atoms with Gasteiger partial charge in [0.15, 0.2) is 0 Å². The van der Waals surface area contributed by atoms with E-state index in [1.54, 1.807) is 5.57 Å². The van der Waals surface area contributed by atoms with Crippen LogP contribution in [0.2, 0.25) is 0 Å². The summed E-state index contributed by atoms with van der Waals surface area (Å²) in [7, 11) is 0. The third-order valence-corrected chi connectivity index (χ3v) is 5.55. The van der Waals surface area contributed by atoms with E-state index in [4.69, 9.17) is 9.78 Å². The number of hydrogen-bond acceptors (Lipinski definition) is 2. The van der Waals surface area contributed by atoms with Crippen molar-refractivity contribution in [1.82, 2.24) is 0 Å². The second-order valence-corrected chi connectivity index (χ2v) is 6.76. The van der Waals surface area contributed by atoms with Crippen molar-refractivity contribution in [2.24, 2.45) is 29.6 Å². The Kier molecular flexibility index (Phi) is 2.38. The quantitative estimate of drug-likeness (QED) is 0.512. The molecule has 0 amide bonds. The van der Waals surface area contributed by atoms with E-state index in [-0.39, 0.29) is 6.10 Å². The summed E-state index contributed by atoms with van der Waals surface area (Å²) in [5.41, 5.74) is 1.55. The van der Waals surface area contributed by atoms with E-state index in [1.165, 1.54) is 32.1 Å². The van der Waals surface area contributed by atoms with Gasteiger partial charge in [0.25, 0.3) is 0 Å². The van der Waals surface area contributed by atoms with Crippen molar-refractivity contribution in [2.45, 2.75) is 45.1 Å². The molecular weight excluding hydrogens is 212 g/mol. The van der Waals surface area contributed by atoms with Crippen LogP contribution in [0.3, 0.4) is 0 Å². The Hall–Kier alpha value is -0.340. The Balaban J connectivity index is 1.62. The molecular formula is C15H22O2. The Labute approximate surface area is 103 Å². The van der Waals surface area contributed by atoms with Crippen molar-refractivity contribution in [3.63, 3.8) is 0 Å². The van der Waals surface area contributed by atoms with Crippen LogP contribution in [0.25, 0.3) is 0 Å². The fourth-order valence-corrected chi connectivity index (χ4v) is 5.32. The van der Waals surface area contributed by atoms with Crippen LogP contribution < -0.4 is 0 Å². The average molecular weight is 234 g/mol. The first-order valence-electron chi connectivity index (χ1n) is 7.28. The summed E-state index contributed by atoms with van der Waals surface area (Å²) < 4.78 is 0. The van der Waals surface area contributed by atoms with Crippen molar-refractivity contribution in [3.05, 3.63) is 11.6 Å². The van der Waals surface area contributed by atoms with Gasteiger partial charge in [0.05, 0.1) is 0 Å². The Morgan fingerprint density at radius 1 is 1.00 bits per heavy atom. The lowest BCUT2D eigenvalue weighted by atomic mass is 9.50. The molecule has 4 fully saturated rings. The van der Waals surface area contributed by atoms with Gasteiger partial charge >= 0.3 is 0 Å². The van der Waals surface area contributed by atoms with Crippen LogP contribution in [0, 0.1) is 29.6 Å². The normalized spacial score (nSPS) is 52.6. The maximum atomic E-state index is 5.28. The summed E-state index contributed by atoms with van der Waals surface area (Å²) in [5, 5.41) is 0. The van der Waals surface area contributed by atoms with Gasteiger partial charge in [-0.3, -0.25) is 0 Å². The average Bonchev–Trinajstić information content (AvgIpc) is 2.27. The summed E-state index contributed by atoms with van der Waals surface area (Å²) in [6.07, 6.45) is 9.98. The van der Waals surface area contributed by atoms with E-state index >= 15 is 0 Å². The molecule has 17 heavy (non-hydrogen) atoms. The first-order valence-corrected chi connectivity index (χ1v) is 7.28. The van der Waals surface area contributed by atoms with Crippen LogP contribution in [0.15, 0.2) is 11.6 Å². The molecule has 4 saturated carbocycles. The van der Waals surface area contributed by atoms with Crippen LogP contribution in [0.1, 0.15) is 39.0 Å². The molecule has 94 valence electrons. The highest BCUT2D eigenvalue weighted by atomic mass is 17.2. The SMILES string of the molecule is C[C@H]1C=C(C2C3CC4CC(C3)CC2C4)COO1. The molecule has 4 aliphatic carbocycles. The van der Waals surface area contributed by atoms with E-state index in [2.05, 4.69) is 13.0 Å². The maximum Gasteiger partial charge on any atom is 0.109 e. The summed E-state index contributed by atoms with van der Waals surface area (Å²) in [5.74, 6) is 4.88. The van der Waals surface area contributed by atoms with E-state index in [0.29, 0.717) is 0 Å². The molecule has 0 N–H and O–H groups in total. The largest absolute Gasteiger partial charge is 0.232 e. The summed E-state index contributed by atoms with van der Waals surface area (Å²) in [6.45, 7) is 2.80. The van der Waals surface area contributed by atoms with Gasteiger partial charge in [-0.05, 0) is 74.2 Å². The van der Waals surface area contributed by atoms with Crippen molar-refractivity contribution < 1.29 is 9.78 Å². The van der Waals surface area contributed by atoms with E-state index in [9.17, 15) is 0 Å². The van der Waals surface area contributed by atoms with Gasteiger partial charge in [0.2, 0.25) is 0 Å². The topological polar surface area (TPSA) is 18.5 Å². The summed E-state index contributed by atoms with van der Waals surface area (Å²) >= 11 is 0. The Morgan fingerprint density at radius 2 is 1.65 bits per heavy atom. The molecule has 1 heterocycles. The monoisotopic (exact) mass is 234 g/mol. The molecule has 2 nitrogen and oxygen atoms in total. The van der Waals surface area contributed by atoms with Gasteiger partial charge in [-0.15, -0.1) is 0 Å². The molecule has 1 aliphatic heterocycles. The highest BCUT2D eigenvalue weighted by Crippen LogP contribution is 2.58. The lowest BCUT2D eigenvalue weighted by Crippen LogP contribution is -2.46. The van der Waals surface area contributed by atoms with Crippen molar-refractivity contribution in [2.75, 3.05) is 6.61 Å². The van der Waals surface area contributed by atoms with E-state index in [1.807, 2.05) is 0 Å². The van der Waals surface area contributed by atoms with Crippen molar-refractivity contribution >= 4 is 0 Å². The van der Waals surface area contributed by atoms with Crippen LogP contribution in [-0.2, 0) is 9.78 Å². The fourth-order valence-electron chi connectivity index (χ4n) is 5.32. The van der Waals surface area contributed by atoms with Gasteiger partial charge in [-0.2, -0.15) is 0 Å². The molecule has 5 aliphatic rings.